The van der Waals surface area contributed by atoms with Crippen LogP contribution in [0.3, 0.4) is 0 Å². The van der Waals surface area contributed by atoms with Crippen LogP contribution >= 0.6 is 23.2 Å². The fourth-order valence-electron chi connectivity index (χ4n) is 3.29. The van der Waals surface area contributed by atoms with Crippen molar-refractivity contribution in [3.8, 4) is 6.07 Å². The van der Waals surface area contributed by atoms with E-state index in [9.17, 15) is 23.3 Å². The Hall–Kier alpha value is -2.06. The minimum Gasteiger partial charge on any atom is -0.427 e. The zero-order chi connectivity index (χ0) is 23.9. The van der Waals surface area contributed by atoms with Crippen molar-refractivity contribution in [2.24, 2.45) is 0 Å². The van der Waals surface area contributed by atoms with Gasteiger partial charge in [0.1, 0.15) is 17.2 Å². The molecule has 1 saturated heterocycles. The maximum Gasteiger partial charge on any atom is 0.528 e. The monoisotopic (exact) mass is 503 g/mol. The van der Waals surface area contributed by atoms with Gasteiger partial charge < -0.3 is 14.9 Å². The highest BCUT2D eigenvalue weighted by Gasteiger charge is 2.51. The SMILES string of the molecule is CC(C)(C)OC(=O)ON1C[C@H](S(=O)(=O)c2cccc(Cl)c2Cl)C[C@H]1C(=O)NC1(C#N)CC1. The number of halogens is 2. The van der Waals surface area contributed by atoms with Crippen LogP contribution in [-0.4, -0.2) is 54.5 Å². The molecule has 1 saturated carbocycles. The van der Waals surface area contributed by atoms with Crippen LogP contribution < -0.4 is 5.32 Å². The molecule has 3 rings (SSSR count). The van der Waals surface area contributed by atoms with Crippen LogP contribution in [0.2, 0.25) is 10.0 Å². The molecule has 0 aromatic heterocycles. The third-order valence-corrected chi connectivity index (χ3v) is 8.19. The minimum atomic E-state index is -4.03. The van der Waals surface area contributed by atoms with Crippen LogP contribution in [-0.2, 0) is 24.2 Å². The third kappa shape index (κ3) is 5.29. The van der Waals surface area contributed by atoms with Crippen molar-refractivity contribution >= 4 is 45.1 Å². The number of carbonyl (C=O) groups is 2. The summed E-state index contributed by atoms with van der Waals surface area (Å²) in [6.07, 6.45) is -0.263. The Kier molecular flexibility index (Phi) is 6.69. The summed E-state index contributed by atoms with van der Waals surface area (Å²) in [5, 5.41) is 11.7. The Morgan fingerprint density at radius 1 is 1.28 bits per heavy atom. The summed E-state index contributed by atoms with van der Waals surface area (Å²) >= 11 is 12.1. The number of nitrogens with one attached hydrogen (secondary N) is 1. The normalized spacial score (nSPS) is 22.6. The van der Waals surface area contributed by atoms with Crippen LogP contribution in [0.5, 0.6) is 0 Å². The second kappa shape index (κ2) is 8.71. The van der Waals surface area contributed by atoms with Gasteiger partial charge in [-0.3, -0.25) is 4.79 Å². The highest BCUT2D eigenvalue weighted by atomic mass is 35.5. The minimum absolute atomic E-state index is 0.0755. The fourth-order valence-corrected chi connectivity index (χ4v) is 5.73. The van der Waals surface area contributed by atoms with Gasteiger partial charge in [0.15, 0.2) is 9.84 Å². The van der Waals surface area contributed by atoms with Crippen LogP contribution in [0.1, 0.15) is 40.0 Å². The number of nitriles is 1. The van der Waals surface area contributed by atoms with Gasteiger partial charge in [0.2, 0.25) is 5.91 Å². The first kappa shape index (κ1) is 24.6. The lowest BCUT2D eigenvalue weighted by Gasteiger charge is -2.25. The predicted molar refractivity (Wildman–Crippen MR) is 116 cm³/mol. The molecule has 0 spiro atoms. The Balaban J connectivity index is 1.86. The third-order valence-electron chi connectivity index (χ3n) is 5.09. The molecule has 12 heteroatoms. The number of nitrogens with zero attached hydrogens (tertiary/aromatic N) is 2. The van der Waals surface area contributed by atoms with Gasteiger partial charge in [0, 0.05) is 0 Å². The number of amides is 1. The second-order valence-electron chi connectivity index (χ2n) is 8.81. The number of sulfone groups is 1. The first-order valence-electron chi connectivity index (χ1n) is 9.87. The molecular formula is C20H23Cl2N3O6S. The molecule has 1 N–H and O–H groups in total. The largest absolute Gasteiger partial charge is 0.528 e. The van der Waals surface area contributed by atoms with Gasteiger partial charge in [-0.2, -0.15) is 5.26 Å². The molecule has 2 atom stereocenters. The summed E-state index contributed by atoms with van der Waals surface area (Å²) in [7, 11) is -4.03. The average Bonchev–Trinajstić information content (AvgIpc) is 3.31. The zero-order valence-electron chi connectivity index (χ0n) is 17.7. The number of carbonyl (C=O) groups excluding carboxylic acids is 2. The van der Waals surface area contributed by atoms with Crippen molar-refractivity contribution in [3.63, 3.8) is 0 Å². The molecule has 2 aliphatic rings. The van der Waals surface area contributed by atoms with Crippen LogP contribution in [0.15, 0.2) is 23.1 Å². The molecule has 1 amide bonds. The van der Waals surface area contributed by atoms with Crippen molar-refractivity contribution in [2.75, 3.05) is 6.54 Å². The van der Waals surface area contributed by atoms with E-state index >= 15 is 0 Å². The highest BCUT2D eigenvalue weighted by molar-refractivity contribution is 7.92. The van der Waals surface area contributed by atoms with Gasteiger partial charge in [-0.25, -0.2) is 13.2 Å². The van der Waals surface area contributed by atoms with E-state index in [4.69, 9.17) is 32.8 Å². The second-order valence-corrected chi connectivity index (χ2v) is 11.8. The van der Waals surface area contributed by atoms with E-state index in [2.05, 4.69) is 5.32 Å². The number of hydrogen-bond acceptors (Lipinski definition) is 8. The molecule has 1 aromatic rings. The molecule has 174 valence electrons. The Labute approximate surface area is 196 Å². The fraction of sp³-hybridized carbons (Fsp3) is 0.550. The van der Waals surface area contributed by atoms with E-state index in [0.29, 0.717) is 12.8 Å². The van der Waals surface area contributed by atoms with Gasteiger partial charge in [-0.1, -0.05) is 29.3 Å². The zero-order valence-corrected chi connectivity index (χ0v) is 20.1. The van der Waals surface area contributed by atoms with Crippen molar-refractivity contribution in [3.05, 3.63) is 28.2 Å². The Bertz CT molecular complexity index is 1080. The van der Waals surface area contributed by atoms with Gasteiger partial charge in [-0.05, 0) is 52.2 Å². The summed E-state index contributed by atoms with van der Waals surface area (Å²) in [6, 6.07) is 5.15. The number of rotatable bonds is 5. The quantitative estimate of drug-likeness (QED) is 0.606. The molecular weight excluding hydrogens is 481 g/mol. The first-order valence-corrected chi connectivity index (χ1v) is 12.2. The number of benzene rings is 1. The average molecular weight is 504 g/mol. The summed E-state index contributed by atoms with van der Waals surface area (Å²) in [5.74, 6) is -0.609. The predicted octanol–water partition coefficient (Wildman–Crippen LogP) is 3.25. The summed E-state index contributed by atoms with van der Waals surface area (Å²) < 4.78 is 31.7. The van der Waals surface area contributed by atoms with E-state index in [1.54, 1.807) is 20.8 Å². The molecule has 1 aliphatic carbocycles. The first-order chi connectivity index (χ1) is 14.8. The van der Waals surface area contributed by atoms with E-state index in [0.717, 1.165) is 5.06 Å². The lowest BCUT2D eigenvalue weighted by molar-refractivity contribution is -0.162. The van der Waals surface area contributed by atoms with Gasteiger partial charge in [-0.15, -0.1) is 5.06 Å². The smallest absolute Gasteiger partial charge is 0.427 e. The number of hydroxylamine groups is 2. The van der Waals surface area contributed by atoms with Crippen molar-refractivity contribution in [2.45, 2.75) is 67.4 Å². The summed E-state index contributed by atoms with van der Waals surface area (Å²) in [5.41, 5.74) is -1.82. The lowest BCUT2D eigenvalue weighted by Crippen LogP contribution is -2.48. The van der Waals surface area contributed by atoms with E-state index < -0.39 is 44.3 Å². The van der Waals surface area contributed by atoms with Crippen molar-refractivity contribution in [1.82, 2.24) is 10.4 Å². The molecule has 0 radical (unpaired) electrons. The van der Waals surface area contributed by atoms with E-state index in [1.165, 1.54) is 18.2 Å². The lowest BCUT2D eigenvalue weighted by atomic mass is 10.2. The topological polar surface area (TPSA) is 126 Å². The van der Waals surface area contributed by atoms with Crippen LogP contribution in [0.25, 0.3) is 0 Å². The molecule has 9 nitrogen and oxygen atoms in total. The molecule has 32 heavy (non-hydrogen) atoms. The van der Waals surface area contributed by atoms with Gasteiger partial charge >= 0.3 is 6.16 Å². The standard InChI is InChI=1S/C20H23Cl2N3O6S/c1-19(2,3)30-18(27)31-25-10-12(9-14(25)17(26)24-20(11-23)7-8-20)32(28,29)15-6-4-5-13(21)16(15)22/h4-6,12,14H,7-10H2,1-3H3,(H,24,26)/t12-,14+/m1/s1. The summed E-state index contributed by atoms with van der Waals surface area (Å²) in [4.78, 5) is 30.1. The Morgan fingerprint density at radius 3 is 2.50 bits per heavy atom. The number of hydrogen-bond donors (Lipinski definition) is 1. The molecule has 2 fully saturated rings. The molecule has 1 heterocycles. The molecule has 1 aliphatic heterocycles. The molecule has 0 bridgehead atoms. The molecule has 1 aromatic carbocycles. The van der Waals surface area contributed by atoms with E-state index in [-0.39, 0.29) is 27.9 Å². The Morgan fingerprint density at radius 2 is 1.94 bits per heavy atom. The maximum atomic E-state index is 13.3. The number of ether oxygens (including phenoxy) is 1. The van der Waals surface area contributed by atoms with Crippen molar-refractivity contribution < 1.29 is 27.6 Å². The summed E-state index contributed by atoms with van der Waals surface area (Å²) in [6.45, 7) is 4.63. The van der Waals surface area contributed by atoms with Gasteiger partial charge in [0.05, 0.1) is 32.8 Å². The van der Waals surface area contributed by atoms with Gasteiger partial charge in [0.25, 0.3) is 0 Å². The van der Waals surface area contributed by atoms with Crippen LogP contribution in [0.4, 0.5) is 4.79 Å². The highest BCUT2D eigenvalue weighted by Crippen LogP contribution is 2.37. The van der Waals surface area contributed by atoms with Crippen molar-refractivity contribution in [1.29, 1.82) is 5.26 Å². The van der Waals surface area contributed by atoms with E-state index in [1.807, 2.05) is 6.07 Å². The van der Waals surface area contributed by atoms with Crippen LogP contribution in [0, 0.1) is 11.3 Å². The molecule has 0 unspecified atom stereocenters. The maximum absolute atomic E-state index is 13.3.